The molecule has 11 nitrogen and oxygen atoms in total. The van der Waals surface area contributed by atoms with E-state index in [0.29, 0.717) is 5.75 Å². The molecule has 2 fully saturated rings. The largest absolute Gasteiger partial charge is 0.462 e. The Bertz CT molecular complexity index is 710. The van der Waals surface area contributed by atoms with E-state index in [4.69, 9.17) is 18.9 Å². The zero-order valence-corrected chi connectivity index (χ0v) is 16.5. The maximum absolute atomic E-state index is 10.6. The van der Waals surface area contributed by atoms with Gasteiger partial charge in [-0.05, 0) is 17.7 Å². The third-order valence-electron chi connectivity index (χ3n) is 5.33. The topological polar surface area (TPSA) is 179 Å². The molecule has 0 aliphatic carbocycles. The summed E-state index contributed by atoms with van der Waals surface area (Å²) >= 11 is 0. The highest BCUT2D eigenvalue weighted by atomic mass is 16.7. The summed E-state index contributed by atoms with van der Waals surface area (Å²) in [6.45, 7) is 2.34. The fraction of sp³-hybridized carbons (Fsp3) is 0.600. The molecule has 0 amide bonds. The van der Waals surface area contributed by atoms with Gasteiger partial charge in [-0.25, -0.2) is 0 Å². The SMILES string of the molecule is C=Cc1ccc(O[C@@H]2O[C@@H](CO)[C@@H](O[C@H]3O[C@@H](CO)[C@@H](O)[C@@H](O)[C@H]3O)[C@@H](O)[C@H]2O)cc1. The van der Waals surface area contributed by atoms with E-state index in [0.717, 1.165) is 5.56 Å². The Morgan fingerprint density at radius 2 is 1.35 bits per heavy atom. The fourth-order valence-electron chi connectivity index (χ4n) is 3.47. The fourth-order valence-corrected chi connectivity index (χ4v) is 3.47. The van der Waals surface area contributed by atoms with Crippen LogP contribution >= 0.6 is 0 Å². The van der Waals surface area contributed by atoms with E-state index in [2.05, 4.69) is 6.58 Å². The molecule has 0 radical (unpaired) electrons. The number of aliphatic hydroxyl groups is 7. The lowest BCUT2D eigenvalue weighted by molar-refractivity contribution is -0.352. The van der Waals surface area contributed by atoms with Crippen LogP contribution in [0.1, 0.15) is 5.56 Å². The Kier molecular flexibility index (Phi) is 7.99. The van der Waals surface area contributed by atoms with Crippen LogP contribution in [-0.2, 0) is 14.2 Å². The van der Waals surface area contributed by atoms with Gasteiger partial charge in [0.05, 0.1) is 13.2 Å². The molecule has 0 aromatic heterocycles. The Morgan fingerprint density at radius 3 is 1.94 bits per heavy atom. The molecule has 2 aliphatic heterocycles. The standard InChI is InChI=1S/C20H28O11/c1-2-9-3-5-10(6-4-9)28-19-17(27)15(25)18(12(8-22)30-19)31-20-16(26)14(24)13(23)11(7-21)29-20/h2-6,11-27H,1,7-8H2/t11-,12-,13+,14+,15-,16+,17+,18+,19+,20+/m0/s1. The second kappa shape index (κ2) is 10.3. The van der Waals surface area contributed by atoms with Crippen molar-refractivity contribution in [1.29, 1.82) is 0 Å². The molecule has 0 saturated carbocycles. The molecule has 1 aromatic rings. The van der Waals surface area contributed by atoms with Crippen molar-refractivity contribution in [2.24, 2.45) is 0 Å². The molecule has 174 valence electrons. The van der Waals surface area contributed by atoms with E-state index in [1.165, 1.54) is 0 Å². The van der Waals surface area contributed by atoms with Crippen LogP contribution in [0.3, 0.4) is 0 Å². The Labute approximate surface area is 178 Å². The van der Waals surface area contributed by atoms with Crippen molar-refractivity contribution in [2.75, 3.05) is 13.2 Å². The van der Waals surface area contributed by atoms with Crippen LogP contribution < -0.4 is 4.74 Å². The molecule has 2 aliphatic rings. The highest BCUT2D eigenvalue weighted by Crippen LogP contribution is 2.30. The highest BCUT2D eigenvalue weighted by molar-refractivity contribution is 5.48. The second-order valence-electron chi connectivity index (χ2n) is 7.40. The van der Waals surface area contributed by atoms with Crippen molar-refractivity contribution in [1.82, 2.24) is 0 Å². The minimum atomic E-state index is -1.72. The van der Waals surface area contributed by atoms with E-state index in [1.807, 2.05) is 0 Å². The molecule has 2 heterocycles. The summed E-state index contributed by atoms with van der Waals surface area (Å²) in [7, 11) is 0. The third-order valence-corrected chi connectivity index (χ3v) is 5.33. The van der Waals surface area contributed by atoms with Gasteiger partial charge in [0.15, 0.2) is 6.29 Å². The van der Waals surface area contributed by atoms with Crippen LogP contribution in [0.2, 0.25) is 0 Å². The normalized spacial score (nSPS) is 41.0. The van der Waals surface area contributed by atoms with Crippen molar-refractivity contribution in [3.05, 3.63) is 36.4 Å². The zero-order valence-electron chi connectivity index (χ0n) is 16.5. The van der Waals surface area contributed by atoms with Crippen LogP contribution in [0.15, 0.2) is 30.8 Å². The highest BCUT2D eigenvalue weighted by Gasteiger charge is 2.51. The lowest BCUT2D eigenvalue weighted by Gasteiger charge is -2.45. The number of ether oxygens (including phenoxy) is 4. The van der Waals surface area contributed by atoms with Gasteiger partial charge < -0.3 is 54.7 Å². The lowest BCUT2D eigenvalue weighted by atomic mass is 9.97. The van der Waals surface area contributed by atoms with E-state index < -0.39 is 74.6 Å². The van der Waals surface area contributed by atoms with Gasteiger partial charge in [0.2, 0.25) is 6.29 Å². The monoisotopic (exact) mass is 444 g/mol. The van der Waals surface area contributed by atoms with Crippen LogP contribution in [-0.4, -0.2) is 110 Å². The summed E-state index contributed by atoms with van der Waals surface area (Å²) in [5.74, 6) is 0.340. The molecule has 31 heavy (non-hydrogen) atoms. The first-order valence-corrected chi connectivity index (χ1v) is 9.78. The minimum Gasteiger partial charge on any atom is -0.462 e. The van der Waals surface area contributed by atoms with Gasteiger partial charge in [-0.3, -0.25) is 0 Å². The van der Waals surface area contributed by atoms with Crippen molar-refractivity contribution in [3.8, 4) is 5.75 Å². The van der Waals surface area contributed by atoms with Crippen LogP contribution in [0, 0.1) is 0 Å². The Balaban J connectivity index is 1.70. The molecule has 0 unspecified atom stereocenters. The summed E-state index contributed by atoms with van der Waals surface area (Å²) < 4.78 is 21.9. The molecule has 1 aromatic carbocycles. The van der Waals surface area contributed by atoms with Crippen LogP contribution in [0.5, 0.6) is 5.75 Å². The molecule has 0 spiro atoms. The maximum atomic E-state index is 10.6. The molecular formula is C20H28O11. The maximum Gasteiger partial charge on any atom is 0.229 e. The van der Waals surface area contributed by atoms with Gasteiger partial charge in [0, 0.05) is 0 Å². The minimum absolute atomic E-state index is 0.340. The Morgan fingerprint density at radius 1 is 0.774 bits per heavy atom. The number of aliphatic hydroxyl groups excluding tert-OH is 7. The van der Waals surface area contributed by atoms with Crippen LogP contribution in [0.25, 0.3) is 6.08 Å². The molecule has 11 heteroatoms. The molecule has 0 bridgehead atoms. The van der Waals surface area contributed by atoms with E-state index in [1.54, 1.807) is 30.3 Å². The van der Waals surface area contributed by atoms with Crippen molar-refractivity contribution in [3.63, 3.8) is 0 Å². The summed E-state index contributed by atoms with van der Waals surface area (Å²) in [6.07, 6.45) is -13.3. The molecule has 3 rings (SSSR count). The van der Waals surface area contributed by atoms with Gasteiger partial charge in [-0.15, -0.1) is 0 Å². The first-order chi connectivity index (χ1) is 14.8. The van der Waals surface area contributed by atoms with Gasteiger partial charge in [0.1, 0.15) is 54.6 Å². The first kappa shape index (κ1) is 24.0. The predicted octanol–water partition coefficient (Wildman–Crippen LogP) is -2.67. The average Bonchev–Trinajstić information content (AvgIpc) is 2.79. The van der Waals surface area contributed by atoms with Gasteiger partial charge in [-0.1, -0.05) is 24.8 Å². The van der Waals surface area contributed by atoms with E-state index in [9.17, 15) is 35.7 Å². The number of rotatable bonds is 7. The number of hydrogen-bond donors (Lipinski definition) is 7. The van der Waals surface area contributed by atoms with Crippen LogP contribution in [0.4, 0.5) is 0 Å². The number of hydrogen-bond acceptors (Lipinski definition) is 11. The molecular weight excluding hydrogens is 416 g/mol. The predicted molar refractivity (Wildman–Crippen MR) is 104 cm³/mol. The van der Waals surface area contributed by atoms with E-state index in [-0.39, 0.29) is 0 Å². The molecule has 10 atom stereocenters. The molecule has 7 N–H and O–H groups in total. The lowest BCUT2D eigenvalue weighted by Crippen LogP contribution is -2.65. The quantitative estimate of drug-likeness (QED) is 0.233. The van der Waals surface area contributed by atoms with Gasteiger partial charge >= 0.3 is 0 Å². The summed E-state index contributed by atoms with van der Waals surface area (Å²) in [5, 5.41) is 69.9. The second-order valence-corrected chi connectivity index (χ2v) is 7.40. The van der Waals surface area contributed by atoms with Gasteiger partial charge in [0.25, 0.3) is 0 Å². The zero-order chi connectivity index (χ0) is 22.7. The van der Waals surface area contributed by atoms with Crippen molar-refractivity contribution < 1.29 is 54.7 Å². The van der Waals surface area contributed by atoms with Crippen molar-refractivity contribution >= 4 is 6.08 Å². The first-order valence-electron chi connectivity index (χ1n) is 9.78. The number of benzene rings is 1. The molecule has 2 saturated heterocycles. The smallest absolute Gasteiger partial charge is 0.229 e. The van der Waals surface area contributed by atoms with Crippen molar-refractivity contribution in [2.45, 2.75) is 61.4 Å². The summed E-state index contributed by atoms with van der Waals surface area (Å²) in [4.78, 5) is 0. The van der Waals surface area contributed by atoms with E-state index >= 15 is 0 Å². The summed E-state index contributed by atoms with van der Waals surface area (Å²) in [6, 6.07) is 6.68. The third kappa shape index (κ3) is 5.07. The summed E-state index contributed by atoms with van der Waals surface area (Å²) in [5.41, 5.74) is 0.846. The van der Waals surface area contributed by atoms with Gasteiger partial charge in [-0.2, -0.15) is 0 Å². The average molecular weight is 444 g/mol. The Hall–Kier alpha value is -1.64.